The van der Waals surface area contributed by atoms with Crippen molar-refractivity contribution in [1.29, 1.82) is 0 Å². The van der Waals surface area contributed by atoms with Crippen molar-refractivity contribution in [3.63, 3.8) is 0 Å². The highest BCUT2D eigenvalue weighted by atomic mass is 127. The third-order valence-corrected chi connectivity index (χ3v) is 3.95. The highest BCUT2D eigenvalue weighted by Crippen LogP contribution is 2.12. The van der Waals surface area contributed by atoms with E-state index in [4.69, 9.17) is 0 Å². The molecule has 1 rings (SSSR count). The van der Waals surface area contributed by atoms with Gasteiger partial charge in [0, 0.05) is 28.0 Å². The molecule has 0 saturated carbocycles. The molecule has 1 aromatic carbocycles. The van der Waals surface area contributed by atoms with E-state index in [0.29, 0.717) is 0 Å². The predicted octanol–water partition coefficient (Wildman–Crippen LogP) is 3.11. The van der Waals surface area contributed by atoms with Gasteiger partial charge < -0.3 is 4.90 Å². The van der Waals surface area contributed by atoms with E-state index in [1.165, 1.54) is 0 Å². The molecule has 0 spiro atoms. The number of hydrogen-bond acceptors (Lipinski definition) is 2. The summed E-state index contributed by atoms with van der Waals surface area (Å²) >= 11 is 3.98. The Hall–Kier alpha value is -0.230. The van der Waals surface area contributed by atoms with Crippen LogP contribution in [0.1, 0.15) is 17.3 Å². The van der Waals surface area contributed by atoms with Crippen molar-refractivity contribution in [3.8, 4) is 0 Å². The Morgan fingerprint density at radius 2 is 2.25 bits per heavy atom. The number of carbonyl (C=O) groups is 1. The molecule has 0 radical (unpaired) electrons. The van der Waals surface area contributed by atoms with Crippen molar-refractivity contribution >= 4 is 40.3 Å². The van der Waals surface area contributed by atoms with Crippen LogP contribution in [0.5, 0.6) is 0 Å². The third-order valence-electron chi connectivity index (χ3n) is 2.46. The molecule has 0 N–H and O–H groups in total. The van der Waals surface area contributed by atoms with Crippen molar-refractivity contribution in [1.82, 2.24) is 4.90 Å². The van der Waals surface area contributed by atoms with Crippen LogP contribution < -0.4 is 0 Å². The Kier molecular flexibility index (Phi) is 5.61. The fourth-order valence-electron chi connectivity index (χ4n) is 1.38. The van der Waals surface area contributed by atoms with Crippen molar-refractivity contribution in [2.75, 3.05) is 19.1 Å². The summed E-state index contributed by atoms with van der Waals surface area (Å²) in [5.74, 6) is 1.06. The largest absolute Gasteiger partial charge is 0.338 e. The van der Waals surface area contributed by atoms with E-state index in [1.807, 2.05) is 36.2 Å². The Morgan fingerprint density at radius 3 is 2.81 bits per heavy atom. The molecule has 0 heterocycles. The standard InChI is InChI=1S/C12H16INOS/c1-9(8-16-3)14(2)12(15)10-5-4-6-11(13)7-10/h4-7,9H,8H2,1-3H3. The fraction of sp³-hybridized carbons (Fsp3) is 0.417. The van der Waals surface area contributed by atoms with Crippen molar-refractivity contribution in [2.24, 2.45) is 0 Å². The topological polar surface area (TPSA) is 20.3 Å². The summed E-state index contributed by atoms with van der Waals surface area (Å²) in [6.45, 7) is 2.07. The van der Waals surface area contributed by atoms with Gasteiger partial charge in [-0.3, -0.25) is 4.79 Å². The number of halogens is 1. The highest BCUT2D eigenvalue weighted by molar-refractivity contribution is 14.1. The second kappa shape index (κ2) is 6.49. The van der Waals surface area contributed by atoms with Gasteiger partial charge in [-0.25, -0.2) is 0 Å². The molecule has 2 nitrogen and oxygen atoms in total. The summed E-state index contributed by atoms with van der Waals surface area (Å²) in [7, 11) is 1.86. The van der Waals surface area contributed by atoms with E-state index < -0.39 is 0 Å². The molecule has 1 atom stereocenters. The summed E-state index contributed by atoms with van der Waals surface area (Å²) in [6.07, 6.45) is 2.06. The molecule has 0 aliphatic carbocycles. The zero-order chi connectivity index (χ0) is 12.1. The molecule has 0 fully saturated rings. The van der Waals surface area contributed by atoms with Gasteiger partial charge in [0.25, 0.3) is 5.91 Å². The van der Waals surface area contributed by atoms with E-state index in [9.17, 15) is 4.79 Å². The van der Waals surface area contributed by atoms with Gasteiger partial charge in [0.15, 0.2) is 0 Å². The first-order valence-corrected chi connectivity index (χ1v) is 7.55. The molecule has 0 saturated heterocycles. The van der Waals surface area contributed by atoms with Crippen LogP contribution in [0, 0.1) is 3.57 Å². The van der Waals surface area contributed by atoms with Crippen molar-refractivity contribution in [3.05, 3.63) is 33.4 Å². The quantitative estimate of drug-likeness (QED) is 0.779. The van der Waals surface area contributed by atoms with Crippen LogP contribution in [0.3, 0.4) is 0 Å². The summed E-state index contributed by atoms with van der Waals surface area (Å²) in [5.41, 5.74) is 0.766. The lowest BCUT2D eigenvalue weighted by Crippen LogP contribution is -2.36. The van der Waals surface area contributed by atoms with Gasteiger partial charge in [0.1, 0.15) is 0 Å². The maximum atomic E-state index is 12.1. The number of hydrogen-bond donors (Lipinski definition) is 0. The summed E-state index contributed by atoms with van der Waals surface area (Å²) in [4.78, 5) is 13.9. The number of amides is 1. The zero-order valence-electron chi connectivity index (χ0n) is 9.74. The molecule has 0 aliphatic rings. The number of nitrogens with zero attached hydrogens (tertiary/aromatic N) is 1. The Labute approximate surface area is 115 Å². The van der Waals surface area contributed by atoms with Gasteiger partial charge >= 0.3 is 0 Å². The van der Waals surface area contributed by atoms with Gasteiger partial charge in [0.2, 0.25) is 0 Å². The van der Waals surface area contributed by atoms with E-state index in [2.05, 4.69) is 35.8 Å². The van der Waals surface area contributed by atoms with Crippen LogP contribution >= 0.6 is 34.4 Å². The molecule has 0 aromatic heterocycles. The lowest BCUT2D eigenvalue weighted by atomic mass is 10.2. The molecule has 1 amide bonds. The van der Waals surface area contributed by atoms with Crippen molar-refractivity contribution < 1.29 is 4.79 Å². The first-order valence-electron chi connectivity index (χ1n) is 5.08. The van der Waals surface area contributed by atoms with Gasteiger partial charge in [-0.1, -0.05) is 6.07 Å². The van der Waals surface area contributed by atoms with Gasteiger partial charge in [-0.05, 0) is 54.0 Å². The average Bonchev–Trinajstić information content (AvgIpc) is 2.27. The maximum Gasteiger partial charge on any atom is 0.253 e. The second-order valence-electron chi connectivity index (χ2n) is 3.73. The molecule has 16 heavy (non-hydrogen) atoms. The number of carbonyl (C=O) groups excluding carboxylic acids is 1. The summed E-state index contributed by atoms with van der Waals surface area (Å²) in [5, 5.41) is 0. The molecule has 1 aromatic rings. The highest BCUT2D eigenvalue weighted by Gasteiger charge is 2.16. The van der Waals surface area contributed by atoms with Crippen LogP contribution in [0.4, 0.5) is 0 Å². The first kappa shape index (κ1) is 13.8. The minimum Gasteiger partial charge on any atom is -0.338 e. The third kappa shape index (κ3) is 3.66. The first-order chi connectivity index (χ1) is 7.56. The minimum atomic E-state index is 0.0973. The molecular formula is C12H16INOS. The van der Waals surface area contributed by atoms with Crippen molar-refractivity contribution in [2.45, 2.75) is 13.0 Å². The summed E-state index contributed by atoms with van der Waals surface area (Å²) in [6, 6.07) is 7.96. The monoisotopic (exact) mass is 349 g/mol. The van der Waals surface area contributed by atoms with Crippen LogP contribution in [-0.2, 0) is 0 Å². The van der Waals surface area contributed by atoms with E-state index >= 15 is 0 Å². The van der Waals surface area contributed by atoms with Crippen LogP contribution in [0.2, 0.25) is 0 Å². The van der Waals surface area contributed by atoms with E-state index in [1.54, 1.807) is 11.8 Å². The lowest BCUT2D eigenvalue weighted by molar-refractivity contribution is 0.0757. The Bertz CT molecular complexity index is 370. The van der Waals surface area contributed by atoms with Gasteiger partial charge in [-0.15, -0.1) is 0 Å². The van der Waals surface area contributed by atoms with Gasteiger partial charge in [-0.2, -0.15) is 11.8 Å². The number of thioether (sulfide) groups is 1. The number of benzene rings is 1. The fourth-order valence-corrected chi connectivity index (χ4v) is 2.63. The number of rotatable bonds is 4. The predicted molar refractivity (Wildman–Crippen MR) is 79.1 cm³/mol. The van der Waals surface area contributed by atoms with Crippen LogP contribution in [0.15, 0.2) is 24.3 Å². The normalized spacial score (nSPS) is 12.2. The zero-order valence-corrected chi connectivity index (χ0v) is 12.7. The Balaban J connectivity index is 2.77. The second-order valence-corrected chi connectivity index (χ2v) is 5.89. The summed E-state index contributed by atoms with van der Waals surface area (Å²) < 4.78 is 1.09. The van der Waals surface area contributed by atoms with Crippen LogP contribution in [0.25, 0.3) is 0 Å². The van der Waals surface area contributed by atoms with E-state index in [-0.39, 0.29) is 11.9 Å². The SMILES string of the molecule is CSCC(C)N(C)C(=O)c1cccc(I)c1. The lowest BCUT2D eigenvalue weighted by Gasteiger charge is -2.24. The van der Waals surface area contributed by atoms with E-state index in [0.717, 1.165) is 14.9 Å². The molecule has 4 heteroatoms. The molecule has 88 valence electrons. The van der Waals surface area contributed by atoms with Gasteiger partial charge in [0.05, 0.1) is 0 Å². The Morgan fingerprint density at radius 1 is 1.56 bits per heavy atom. The molecule has 0 bridgehead atoms. The van der Waals surface area contributed by atoms with Crippen LogP contribution in [-0.4, -0.2) is 35.9 Å². The molecule has 1 unspecified atom stereocenters. The molecule has 0 aliphatic heterocycles. The molecular weight excluding hydrogens is 333 g/mol. The minimum absolute atomic E-state index is 0.0973. The average molecular weight is 349 g/mol. The smallest absolute Gasteiger partial charge is 0.253 e. The maximum absolute atomic E-state index is 12.1.